The van der Waals surface area contributed by atoms with Crippen LogP contribution >= 0.6 is 0 Å². The fourth-order valence-electron chi connectivity index (χ4n) is 3.62. The molecule has 0 atom stereocenters. The molecule has 1 heterocycles. The van der Waals surface area contributed by atoms with Crippen LogP contribution in [-0.4, -0.2) is 41.6 Å². The monoisotopic (exact) mass is 339 g/mol. The van der Waals surface area contributed by atoms with Gasteiger partial charge in [0, 0.05) is 37.2 Å². The number of likely N-dealkylation sites (N-methyl/N-ethyl adjacent to an activating group) is 1. The van der Waals surface area contributed by atoms with Crippen LogP contribution < -0.4 is 5.32 Å². The van der Waals surface area contributed by atoms with Crippen molar-refractivity contribution in [1.82, 2.24) is 14.8 Å². The molecule has 0 spiro atoms. The van der Waals surface area contributed by atoms with Gasteiger partial charge in [0.1, 0.15) is 0 Å². The first-order chi connectivity index (χ1) is 12.2. The van der Waals surface area contributed by atoms with Crippen molar-refractivity contribution < 1.29 is 4.79 Å². The number of amides is 1. The summed E-state index contributed by atoms with van der Waals surface area (Å²) in [5, 5.41) is 3.06. The highest BCUT2D eigenvalue weighted by molar-refractivity contribution is 5.78. The molecule has 1 aliphatic carbocycles. The predicted octanol–water partition coefficient (Wildman–Crippen LogP) is 3.40. The minimum atomic E-state index is 0.103. The number of hydrogen-bond donors (Lipinski definition) is 1. The standard InChI is InChI=1S/C21H29N3O/c1-23(19-7-3-2-4-8-19)16-13-22-21(25)17-18-9-11-20(12-10-18)24-14-5-6-15-24/h5-6,9-12,14-15,19H,2-4,7-8,13,16-17H2,1H3,(H,22,25). The summed E-state index contributed by atoms with van der Waals surface area (Å²) in [5.41, 5.74) is 2.16. The summed E-state index contributed by atoms with van der Waals surface area (Å²) in [4.78, 5) is 14.6. The molecule has 1 aromatic carbocycles. The normalized spacial score (nSPS) is 15.4. The van der Waals surface area contributed by atoms with E-state index in [0.717, 1.165) is 24.3 Å². The van der Waals surface area contributed by atoms with E-state index in [1.165, 1.54) is 32.1 Å². The van der Waals surface area contributed by atoms with Crippen molar-refractivity contribution in [3.63, 3.8) is 0 Å². The third-order valence-electron chi connectivity index (χ3n) is 5.19. The Hall–Kier alpha value is -2.07. The average Bonchev–Trinajstić information content (AvgIpc) is 3.18. The summed E-state index contributed by atoms with van der Waals surface area (Å²) in [6.07, 6.45) is 11.2. The van der Waals surface area contributed by atoms with Gasteiger partial charge in [0.25, 0.3) is 0 Å². The van der Waals surface area contributed by atoms with Gasteiger partial charge in [0.05, 0.1) is 6.42 Å². The van der Waals surface area contributed by atoms with Gasteiger partial charge in [-0.1, -0.05) is 31.4 Å². The van der Waals surface area contributed by atoms with Crippen LogP contribution in [0.25, 0.3) is 5.69 Å². The van der Waals surface area contributed by atoms with E-state index in [1.54, 1.807) is 0 Å². The summed E-state index contributed by atoms with van der Waals surface area (Å²) in [6.45, 7) is 1.66. The van der Waals surface area contributed by atoms with E-state index in [4.69, 9.17) is 0 Å². The molecule has 0 saturated heterocycles. The SMILES string of the molecule is CN(CCNC(=O)Cc1ccc(-n2cccc2)cc1)C1CCCCC1. The van der Waals surface area contributed by atoms with E-state index in [-0.39, 0.29) is 5.91 Å². The van der Waals surface area contributed by atoms with Crippen molar-refractivity contribution in [3.8, 4) is 5.69 Å². The van der Waals surface area contributed by atoms with Crippen molar-refractivity contribution in [2.45, 2.75) is 44.6 Å². The van der Waals surface area contributed by atoms with E-state index >= 15 is 0 Å². The van der Waals surface area contributed by atoms with Crippen LogP contribution in [0.1, 0.15) is 37.7 Å². The minimum absolute atomic E-state index is 0.103. The number of nitrogens with one attached hydrogen (secondary N) is 1. The fraction of sp³-hybridized carbons (Fsp3) is 0.476. The highest BCUT2D eigenvalue weighted by atomic mass is 16.1. The largest absolute Gasteiger partial charge is 0.355 e. The maximum absolute atomic E-state index is 12.1. The van der Waals surface area contributed by atoms with Crippen LogP contribution in [0.15, 0.2) is 48.8 Å². The topological polar surface area (TPSA) is 37.3 Å². The van der Waals surface area contributed by atoms with Crippen LogP contribution in [0, 0.1) is 0 Å². The Morgan fingerprint density at radius 2 is 1.80 bits per heavy atom. The van der Waals surface area contributed by atoms with E-state index in [2.05, 4.69) is 34.0 Å². The molecule has 0 radical (unpaired) electrons. The summed E-state index contributed by atoms with van der Waals surface area (Å²) in [7, 11) is 2.18. The van der Waals surface area contributed by atoms with Crippen molar-refractivity contribution in [3.05, 3.63) is 54.4 Å². The zero-order valence-electron chi connectivity index (χ0n) is 15.2. The molecule has 1 aromatic heterocycles. The van der Waals surface area contributed by atoms with Gasteiger partial charge in [-0.05, 0) is 49.7 Å². The third kappa shape index (κ3) is 5.20. The number of rotatable bonds is 7. The summed E-state index contributed by atoms with van der Waals surface area (Å²) in [6, 6.07) is 12.9. The number of carbonyl (C=O) groups is 1. The molecule has 0 aliphatic heterocycles. The molecule has 4 nitrogen and oxygen atoms in total. The number of aromatic nitrogens is 1. The highest BCUT2D eigenvalue weighted by Gasteiger charge is 2.17. The highest BCUT2D eigenvalue weighted by Crippen LogP contribution is 2.21. The molecule has 1 amide bonds. The van der Waals surface area contributed by atoms with Crippen molar-refractivity contribution in [1.29, 1.82) is 0 Å². The fourth-order valence-corrected chi connectivity index (χ4v) is 3.62. The summed E-state index contributed by atoms with van der Waals surface area (Å²) < 4.78 is 2.06. The van der Waals surface area contributed by atoms with Gasteiger partial charge in [-0.2, -0.15) is 0 Å². The van der Waals surface area contributed by atoms with Gasteiger partial charge in [-0.25, -0.2) is 0 Å². The van der Waals surface area contributed by atoms with Crippen LogP contribution in [0.5, 0.6) is 0 Å². The van der Waals surface area contributed by atoms with E-state index in [1.807, 2.05) is 36.7 Å². The molecule has 25 heavy (non-hydrogen) atoms. The molecular formula is C21H29N3O. The van der Waals surface area contributed by atoms with Crippen molar-refractivity contribution in [2.24, 2.45) is 0 Å². The van der Waals surface area contributed by atoms with E-state index in [9.17, 15) is 4.79 Å². The maximum atomic E-state index is 12.1. The first-order valence-electron chi connectivity index (χ1n) is 9.41. The second-order valence-electron chi connectivity index (χ2n) is 7.06. The van der Waals surface area contributed by atoms with Gasteiger partial charge in [0.15, 0.2) is 0 Å². The molecule has 134 valence electrons. The first-order valence-corrected chi connectivity index (χ1v) is 9.41. The van der Waals surface area contributed by atoms with Crippen LogP contribution in [0.4, 0.5) is 0 Å². The van der Waals surface area contributed by atoms with Gasteiger partial charge in [0.2, 0.25) is 5.91 Å². The zero-order valence-corrected chi connectivity index (χ0v) is 15.2. The molecule has 1 saturated carbocycles. The van der Waals surface area contributed by atoms with Crippen LogP contribution in [-0.2, 0) is 11.2 Å². The Morgan fingerprint density at radius 1 is 1.12 bits per heavy atom. The van der Waals surface area contributed by atoms with Crippen molar-refractivity contribution in [2.75, 3.05) is 20.1 Å². The lowest BCUT2D eigenvalue weighted by Gasteiger charge is -2.31. The lowest BCUT2D eigenvalue weighted by Crippen LogP contribution is -2.39. The Balaban J connectivity index is 1.40. The Labute approximate surface area is 150 Å². The third-order valence-corrected chi connectivity index (χ3v) is 5.19. The number of carbonyl (C=O) groups excluding carboxylic acids is 1. The second-order valence-corrected chi connectivity index (χ2v) is 7.06. The molecule has 2 aromatic rings. The first kappa shape index (κ1) is 17.7. The van der Waals surface area contributed by atoms with Gasteiger partial charge in [-0.15, -0.1) is 0 Å². The van der Waals surface area contributed by atoms with Gasteiger partial charge >= 0.3 is 0 Å². The van der Waals surface area contributed by atoms with Crippen LogP contribution in [0.2, 0.25) is 0 Å². The number of benzene rings is 1. The quantitative estimate of drug-likeness (QED) is 0.839. The smallest absolute Gasteiger partial charge is 0.224 e. The summed E-state index contributed by atoms with van der Waals surface area (Å²) in [5.74, 6) is 0.103. The molecular weight excluding hydrogens is 310 g/mol. The van der Waals surface area contributed by atoms with Gasteiger partial charge < -0.3 is 14.8 Å². The van der Waals surface area contributed by atoms with Crippen LogP contribution in [0.3, 0.4) is 0 Å². The lowest BCUT2D eigenvalue weighted by atomic mass is 9.94. The molecule has 1 N–H and O–H groups in total. The van der Waals surface area contributed by atoms with Crippen molar-refractivity contribution >= 4 is 5.91 Å². The lowest BCUT2D eigenvalue weighted by molar-refractivity contribution is -0.120. The van der Waals surface area contributed by atoms with Gasteiger partial charge in [-0.3, -0.25) is 4.79 Å². The number of hydrogen-bond acceptors (Lipinski definition) is 2. The van der Waals surface area contributed by atoms with E-state index < -0.39 is 0 Å². The molecule has 0 bridgehead atoms. The summed E-state index contributed by atoms with van der Waals surface area (Å²) >= 11 is 0. The molecule has 0 unspecified atom stereocenters. The maximum Gasteiger partial charge on any atom is 0.224 e. The zero-order chi connectivity index (χ0) is 17.5. The number of nitrogens with zero attached hydrogens (tertiary/aromatic N) is 2. The molecule has 1 aliphatic rings. The Kier molecular flexibility index (Phi) is 6.29. The molecule has 4 heteroatoms. The average molecular weight is 339 g/mol. The Morgan fingerprint density at radius 3 is 2.48 bits per heavy atom. The second kappa shape index (κ2) is 8.86. The minimum Gasteiger partial charge on any atom is -0.355 e. The molecule has 1 fully saturated rings. The molecule has 3 rings (SSSR count). The van der Waals surface area contributed by atoms with E-state index in [0.29, 0.717) is 12.5 Å². The Bertz CT molecular complexity index is 642. The predicted molar refractivity (Wildman–Crippen MR) is 102 cm³/mol.